The Bertz CT molecular complexity index is 1090. The van der Waals surface area contributed by atoms with Crippen LogP contribution in [-0.2, 0) is 0 Å². The third-order valence-corrected chi connectivity index (χ3v) is 3.88. The summed E-state index contributed by atoms with van der Waals surface area (Å²) in [5, 5.41) is 11.4. The van der Waals surface area contributed by atoms with Crippen LogP contribution in [0.15, 0.2) is 54.6 Å². The van der Waals surface area contributed by atoms with E-state index in [-0.39, 0.29) is 5.56 Å². The van der Waals surface area contributed by atoms with Gasteiger partial charge in [-0.05, 0) is 48.5 Å². The molecule has 0 atom stereocenters. The van der Waals surface area contributed by atoms with Crippen molar-refractivity contribution in [3.63, 3.8) is 0 Å². The van der Waals surface area contributed by atoms with Gasteiger partial charge < -0.3 is 14.8 Å². The first-order valence-corrected chi connectivity index (χ1v) is 8.23. The molecule has 0 bridgehead atoms. The second-order valence-electron chi connectivity index (χ2n) is 5.81. The fraction of sp³-hybridized carbons (Fsp3) is 0.0476. The molecule has 146 valence electrons. The monoisotopic (exact) mass is 398 g/mol. The summed E-state index contributed by atoms with van der Waals surface area (Å²) in [5.41, 5.74) is 0.393. The number of amides is 1. The minimum atomic E-state index is -1.64. The van der Waals surface area contributed by atoms with Crippen molar-refractivity contribution >= 4 is 11.6 Å². The van der Waals surface area contributed by atoms with Crippen LogP contribution < -0.4 is 14.8 Å². The molecule has 0 radical (unpaired) electrons. The van der Waals surface area contributed by atoms with E-state index >= 15 is 0 Å². The third-order valence-electron chi connectivity index (χ3n) is 3.88. The van der Waals surface area contributed by atoms with Gasteiger partial charge in [0.05, 0.1) is 18.7 Å². The number of anilines is 1. The van der Waals surface area contributed by atoms with Crippen molar-refractivity contribution < 1.29 is 27.4 Å². The molecule has 0 spiro atoms. The van der Waals surface area contributed by atoms with Crippen LogP contribution in [0.25, 0.3) is 0 Å². The van der Waals surface area contributed by atoms with Gasteiger partial charge in [-0.25, -0.2) is 13.2 Å². The summed E-state index contributed by atoms with van der Waals surface area (Å²) in [6.07, 6.45) is 0. The Hall–Kier alpha value is -3.99. The zero-order valence-electron chi connectivity index (χ0n) is 15.0. The van der Waals surface area contributed by atoms with Gasteiger partial charge in [-0.1, -0.05) is 0 Å². The molecule has 0 unspecified atom stereocenters. The maximum absolute atomic E-state index is 13.3. The van der Waals surface area contributed by atoms with E-state index < -0.39 is 23.4 Å². The van der Waals surface area contributed by atoms with Crippen molar-refractivity contribution in [2.45, 2.75) is 0 Å². The summed E-state index contributed by atoms with van der Waals surface area (Å²) in [5.74, 6) is -4.15. The number of nitrogens with one attached hydrogen (secondary N) is 1. The number of nitrogens with zero attached hydrogens (tertiary/aromatic N) is 1. The lowest BCUT2D eigenvalue weighted by molar-refractivity contribution is 0.102. The number of carbonyl (C=O) groups is 1. The zero-order chi connectivity index (χ0) is 21.0. The number of hydrogen-bond donors (Lipinski definition) is 1. The van der Waals surface area contributed by atoms with Gasteiger partial charge in [0.15, 0.2) is 29.0 Å². The Morgan fingerprint density at radius 1 is 0.966 bits per heavy atom. The standard InChI is InChI=1S/C21H13F3N2O3/c1-28-19-8-12(11-25)2-7-18(19)29-15-5-3-14(4-6-15)26-21(27)13-9-16(22)20(24)17(23)10-13/h2-10H,1H3,(H,26,27). The van der Waals surface area contributed by atoms with Gasteiger partial charge in [0, 0.05) is 17.3 Å². The Kier molecular flexibility index (Phi) is 5.69. The van der Waals surface area contributed by atoms with E-state index in [1.807, 2.05) is 6.07 Å². The van der Waals surface area contributed by atoms with E-state index in [4.69, 9.17) is 14.7 Å². The van der Waals surface area contributed by atoms with Gasteiger partial charge in [0.25, 0.3) is 5.91 Å². The summed E-state index contributed by atoms with van der Waals surface area (Å²) in [4.78, 5) is 12.1. The van der Waals surface area contributed by atoms with Crippen molar-refractivity contribution in [1.82, 2.24) is 0 Å². The van der Waals surface area contributed by atoms with Gasteiger partial charge in [-0.3, -0.25) is 4.79 Å². The van der Waals surface area contributed by atoms with Crippen molar-refractivity contribution in [1.29, 1.82) is 5.26 Å². The number of nitriles is 1. The molecule has 1 amide bonds. The topological polar surface area (TPSA) is 71.3 Å². The molecule has 0 aliphatic carbocycles. The van der Waals surface area contributed by atoms with E-state index in [0.29, 0.717) is 40.6 Å². The fourth-order valence-corrected chi connectivity index (χ4v) is 2.44. The largest absolute Gasteiger partial charge is 0.493 e. The molecule has 0 saturated carbocycles. The minimum Gasteiger partial charge on any atom is -0.493 e. The molecule has 0 heterocycles. The van der Waals surface area contributed by atoms with Gasteiger partial charge in [-0.2, -0.15) is 5.26 Å². The van der Waals surface area contributed by atoms with E-state index in [1.165, 1.54) is 25.3 Å². The third kappa shape index (κ3) is 4.47. The number of hydrogen-bond acceptors (Lipinski definition) is 4. The zero-order valence-corrected chi connectivity index (χ0v) is 15.0. The van der Waals surface area contributed by atoms with Crippen LogP contribution in [0.3, 0.4) is 0 Å². The quantitative estimate of drug-likeness (QED) is 0.612. The van der Waals surface area contributed by atoms with Crippen molar-refractivity contribution in [3.8, 4) is 23.3 Å². The first-order chi connectivity index (χ1) is 13.9. The number of rotatable bonds is 5. The van der Waals surface area contributed by atoms with Crippen LogP contribution in [-0.4, -0.2) is 13.0 Å². The average molecular weight is 398 g/mol. The molecule has 1 N–H and O–H groups in total. The fourth-order valence-electron chi connectivity index (χ4n) is 2.44. The van der Waals surface area contributed by atoms with Crippen LogP contribution in [0, 0.1) is 28.8 Å². The predicted octanol–water partition coefficient (Wildman–Crippen LogP) is 5.03. The Morgan fingerprint density at radius 3 is 2.21 bits per heavy atom. The summed E-state index contributed by atoms with van der Waals surface area (Å²) >= 11 is 0. The molecular formula is C21H13F3N2O3. The lowest BCUT2D eigenvalue weighted by atomic mass is 10.2. The number of methoxy groups -OCH3 is 1. The molecule has 8 heteroatoms. The summed E-state index contributed by atoms with van der Waals surface area (Å²) in [7, 11) is 1.45. The van der Waals surface area contributed by atoms with Crippen LogP contribution in [0.4, 0.5) is 18.9 Å². The number of ether oxygens (including phenoxy) is 2. The van der Waals surface area contributed by atoms with Crippen LogP contribution in [0.5, 0.6) is 17.2 Å². The first-order valence-electron chi connectivity index (χ1n) is 8.23. The van der Waals surface area contributed by atoms with E-state index in [0.717, 1.165) is 0 Å². The lowest BCUT2D eigenvalue weighted by Crippen LogP contribution is -2.13. The highest BCUT2D eigenvalue weighted by Crippen LogP contribution is 2.32. The van der Waals surface area contributed by atoms with Crippen molar-refractivity contribution in [2.75, 3.05) is 12.4 Å². The highest BCUT2D eigenvalue weighted by Gasteiger charge is 2.15. The highest BCUT2D eigenvalue weighted by atomic mass is 19.2. The van der Waals surface area contributed by atoms with Crippen molar-refractivity contribution in [3.05, 3.63) is 83.2 Å². The second kappa shape index (κ2) is 8.35. The molecule has 29 heavy (non-hydrogen) atoms. The van der Waals surface area contributed by atoms with Gasteiger partial charge in [0.1, 0.15) is 5.75 Å². The molecule has 0 saturated heterocycles. The molecule has 3 rings (SSSR count). The first kappa shape index (κ1) is 19.8. The SMILES string of the molecule is COc1cc(C#N)ccc1Oc1ccc(NC(=O)c2cc(F)c(F)c(F)c2)cc1. The molecule has 3 aromatic carbocycles. The Morgan fingerprint density at radius 2 is 1.62 bits per heavy atom. The number of halogens is 3. The van der Waals surface area contributed by atoms with Crippen LogP contribution in [0.1, 0.15) is 15.9 Å². The van der Waals surface area contributed by atoms with E-state index in [2.05, 4.69) is 5.32 Å². The van der Waals surface area contributed by atoms with E-state index in [9.17, 15) is 18.0 Å². The molecular weight excluding hydrogens is 385 g/mol. The Balaban J connectivity index is 1.72. The maximum atomic E-state index is 13.3. The predicted molar refractivity (Wildman–Crippen MR) is 98.5 cm³/mol. The maximum Gasteiger partial charge on any atom is 0.255 e. The smallest absolute Gasteiger partial charge is 0.255 e. The molecule has 0 aromatic heterocycles. The molecule has 0 fully saturated rings. The number of benzene rings is 3. The van der Waals surface area contributed by atoms with Crippen molar-refractivity contribution in [2.24, 2.45) is 0 Å². The summed E-state index contributed by atoms with van der Waals surface area (Å²) in [6, 6.07) is 14.1. The highest BCUT2D eigenvalue weighted by molar-refractivity contribution is 6.04. The van der Waals surface area contributed by atoms with E-state index in [1.54, 1.807) is 24.3 Å². The average Bonchev–Trinajstić information content (AvgIpc) is 2.73. The second-order valence-corrected chi connectivity index (χ2v) is 5.81. The summed E-state index contributed by atoms with van der Waals surface area (Å²) < 4.78 is 50.4. The Labute approximate surface area is 163 Å². The molecule has 5 nitrogen and oxygen atoms in total. The van der Waals surface area contributed by atoms with Crippen LogP contribution >= 0.6 is 0 Å². The van der Waals surface area contributed by atoms with Gasteiger partial charge in [-0.15, -0.1) is 0 Å². The normalized spacial score (nSPS) is 10.2. The van der Waals surface area contributed by atoms with Gasteiger partial charge >= 0.3 is 0 Å². The molecule has 0 aliphatic heterocycles. The number of carbonyl (C=O) groups excluding carboxylic acids is 1. The molecule has 0 aliphatic rings. The minimum absolute atomic E-state index is 0.333. The lowest BCUT2D eigenvalue weighted by Gasteiger charge is -2.11. The molecule has 3 aromatic rings. The summed E-state index contributed by atoms with van der Waals surface area (Å²) in [6.45, 7) is 0. The van der Waals surface area contributed by atoms with Crippen LogP contribution in [0.2, 0.25) is 0 Å². The van der Waals surface area contributed by atoms with Gasteiger partial charge in [0.2, 0.25) is 0 Å².